The number of hydrogen-bond donors (Lipinski definition) is 0. The van der Waals surface area contributed by atoms with Gasteiger partial charge in [-0.3, -0.25) is 0 Å². The molecule has 0 N–H and O–H groups in total. The van der Waals surface area contributed by atoms with E-state index >= 15 is 0 Å². The normalized spacial score (nSPS) is 14.1. The largest absolute Gasteiger partial charge is 0.103 e. The van der Waals surface area contributed by atoms with Crippen LogP contribution < -0.4 is 0 Å². The topological polar surface area (TPSA) is 0 Å². The predicted molar refractivity (Wildman–Crippen MR) is 94.0 cm³/mol. The first-order valence-electron chi connectivity index (χ1n) is 8.03. The summed E-state index contributed by atoms with van der Waals surface area (Å²) in [5.74, 6) is 0.635. The highest BCUT2D eigenvalue weighted by molar-refractivity contribution is 5.05. The van der Waals surface area contributed by atoms with E-state index in [9.17, 15) is 0 Å². The second-order valence-electron chi connectivity index (χ2n) is 6.25. The lowest BCUT2D eigenvalue weighted by molar-refractivity contribution is 0.656. The summed E-state index contributed by atoms with van der Waals surface area (Å²) in [5.41, 5.74) is 4.47. The summed E-state index contributed by atoms with van der Waals surface area (Å²) in [4.78, 5) is 0. The molecule has 0 spiro atoms. The summed E-state index contributed by atoms with van der Waals surface area (Å²) < 4.78 is 0. The van der Waals surface area contributed by atoms with E-state index in [1.807, 2.05) is 6.08 Å². The van der Waals surface area contributed by atoms with Crippen molar-refractivity contribution in [2.75, 3.05) is 0 Å². The van der Waals surface area contributed by atoms with E-state index in [-0.39, 0.29) is 0 Å². The van der Waals surface area contributed by atoms with E-state index in [1.54, 1.807) is 0 Å². The van der Waals surface area contributed by atoms with Crippen molar-refractivity contribution in [3.05, 3.63) is 47.6 Å². The Bertz CT molecular complexity index is 348. The second-order valence-corrected chi connectivity index (χ2v) is 6.25. The van der Waals surface area contributed by atoms with Crippen LogP contribution in [0.3, 0.4) is 0 Å². The molecule has 0 aliphatic rings. The number of rotatable bonds is 10. The summed E-state index contributed by atoms with van der Waals surface area (Å²) in [7, 11) is 0. The smallest absolute Gasteiger partial charge is 0.0262 e. The SMILES string of the molecule is C=CC(C)CC/C=C(\C)CC/C=C(\C)CCC=C(C)C. The van der Waals surface area contributed by atoms with E-state index in [0.29, 0.717) is 5.92 Å². The van der Waals surface area contributed by atoms with Gasteiger partial charge in [0.15, 0.2) is 0 Å². The average Bonchev–Trinajstić information content (AvgIpc) is 2.38. The molecule has 0 heterocycles. The third-order valence-corrected chi connectivity index (χ3v) is 3.64. The zero-order chi connectivity index (χ0) is 15.4. The Labute approximate surface area is 127 Å². The molecule has 0 heteroatoms. The van der Waals surface area contributed by atoms with Crippen molar-refractivity contribution in [1.29, 1.82) is 0 Å². The maximum atomic E-state index is 3.83. The van der Waals surface area contributed by atoms with Crippen LogP contribution in [0.25, 0.3) is 0 Å². The van der Waals surface area contributed by atoms with Gasteiger partial charge in [-0.15, -0.1) is 6.58 Å². The first kappa shape index (κ1) is 19.0. The van der Waals surface area contributed by atoms with E-state index in [2.05, 4.69) is 59.4 Å². The van der Waals surface area contributed by atoms with Crippen molar-refractivity contribution in [3.8, 4) is 0 Å². The minimum Gasteiger partial charge on any atom is -0.103 e. The first-order chi connectivity index (χ1) is 9.45. The lowest BCUT2D eigenvalue weighted by Gasteiger charge is -2.04. The van der Waals surface area contributed by atoms with Crippen molar-refractivity contribution in [2.45, 2.75) is 73.1 Å². The van der Waals surface area contributed by atoms with Crippen LogP contribution >= 0.6 is 0 Å². The minimum absolute atomic E-state index is 0.635. The summed E-state index contributed by atoms with van der Waals surface area (Å²) in [6.07, 6.45) is 16.3. The molecule has 0 aromatic carbocycles. The van der Waals surface area contributed by atoms with Crippen LogP contribution in [-0.2, 0) is 0 Å². The summed E-state index contributed by atoms with van der Waals surface area (Å²) in [6, 6.07) is 0. The predicted octanol–water partition coefficient (Wildman–Crippen LogP) is 7.01. The van der Waals surface area contributed by atoms with Gasteiger partial charge >= 0.3 is 0 Å². The van der Waals surface area contributed by atoms with Crippen LogP contribution in [0, 0.1) is 5.92 Å². The zero-order valence-electron chi connectivity index (χ0n) is 14.3. The highest BCUT2D eigenvalue weighted by atomic mass is 14.0. The fraction of sp³-hybridized carbons (Fsp3) is 0.600. The molecule has 0 amide bonds. The monoisotopic (exact) mass is 274 g/mol. The van der Waals surface area contributed by atoms with Crippen molar-refractivity contribution in [3.63, 3.8) is 0 Å². The Hall–Kier alpha value is -1.04. The molecule has 20 heavy (non-hydrogen) atoms. The summed E-state index contributed by atoms with van der Waals surface area (Å²) in [6.45, 7) is 14.9. The van der Waals surface area contributed by atoms with Crippen molar-refractivity contribution in [2.24, 2.45) is 5.92 Å². The van der Waals surface area contributed by atoms with Gasteiger partial charge in [0, 0.05) is 0 Å². The van der Waals surface area contributed by atoms with Gasteiger partial charge in [0.25, 0.3) is 0 Å². The van der Waals surface area contributed by atoms with E-state index in [0.717, 1.165) is 0 Å². The fourth-order valence-corrected chi connectivity index (χ4v) is 2.05. The van der Waals surface area contributed by atoms with Gasteiger partial charge in [0.2, 0.25) is 0 Å². The van der Waals surface area contributed by atoms with Gasteiger partial charge < -0.3 is 0 Å². The van der Waals surface area contributed by atoms with Crippen molar-refractivity contribution < 1.29 is 0 Å². The van der Waals surface area contributed by atoms with Gasteiger partial charge in [-0.25, -0.2) is 0 Å². The standard InChI is InChI=1S/C20H34/c1-7-18(4)12-9-14-20(6)16-10-15-19(5)13-8-11-17(2)3/h7,11,14-15,18H,1,8-10,12-13,16H2,2-6H3/b19-15+,20-14+. The summed E-state index contributed by atoms with van der Waals surface area (Å²) >= 11 is 0. The Morgan fingerprint density at radius 1 is 0.850 bits per heavy atom. The fourth-order valence-electron chi connectivity index (χ4n) is 2.05. The van der Waals surface area contributed by atoms with Crippen LogP contribution in [0.4, 0.5) is 0 Å². The quantitative estimate of drug-likeness (QED) is 0.376. The Balaban J connectivity index is 3.88. The molecule has 0 aromatic rings. The molecule has 0 saturated heterocycles. The summed E-state index contributed by atoms with van der Waals surface area (Å²) in [5, 5.41) is 0. The van der Waals surface area contributed by atoms with Gasteiger partial charge in [-0.1, -0.05) is 47.9 Å². The van der Waals surface area contributed by atoms with Crippen LogP contribution in [0.1, 0.15) is 73.1 Å². The lowest BCUT2D eigenvalue weighted by Crippen LogP contribution is -1.87. The van der Waals surface area contributed by atoms with E-state index < -0.39 is 0 Å². The maximum Gasteiger partial charge on any atom is -0.0262 e. The van der Waals surface area contributed by atoms with Crippen molar-refractivity contribution >= 4 is 0 Å². The van der Waals surface area contributed by atoms with Gasteiger partial charge in [0.05, 0.1) is 0 Å². The molecule has 1 atom stereocenters. The van der Waals surface area contributed by atoms with Crippen LogP contribution in [-0.4, -0.2) is 0 Å². The Kier molecular flexibility index (Phi) is 11.1. The molecule has 114 valence electrons. The number of allylic oxidation sites excluding steroid dienone is 7. The average molecular weight is 274 g/mol. The molecule has 0 nitrogen and oxygen atoms in total. The molecular weight excluding hydrogens is 240 g/mol. The molecule has 1 unspecified atom stereocenters. The first-order valence-corrected chi connectivity index (χ1v) is 8.03. The number of hydrogen-bond acceptors (Lipinski definition) is 0. The van der Waals surface area contributed by atoms with Crippen LogP contribution in [0.15, 0.2) is 47.6 Å². The third-order valence-electron chi connectivity index (χ3n) is 3.64. The molecule has 0 aliphatic heterocycles. The van der Waals surface area contributed by atoms with Gasteiger partial charge in [-0.2, -0.15) is 0 Å². The minimum atomic E-state index is 0.635. The lowest BCUT2D eigenvalue weighted by atomic mass is 10.0. The Morgan fingerprint density at radius 3 is 1.85 bits per heavy atom. The molecular formula is C20H34. The molecule has 0 fully saturated rings. The molecule has 0 radical (unpaired) electrons. The van der Waals surface area contributed by atoms with Crippen molar-refractivity contribution in [1.82, 2.24) is 0 Å². The molecule has 0 aromatic heterocycles. The van der Waals surface area contributed by atoms with Gasteiger partial charge in [0.1, 0.15) is 0 Å². The Morgan fingerprint density at radius 2 is 1.35 bits per heavy atom. The molecule has 0 bridgehead atoms. The molecule has 0 saturated carbocycles. The van der Waals surface area contributed by atoms with E-state index in [1.165, 1.54) is 55.2 Å². The highest BCUT2D eigenvalue weighted by Gasteiger charge is 1.95. The van der Waals surface area contributed by atoms with Crippen LogP contribution in [0.2, 0.25) is 0 Å². The zero-order valence-corrected chi connectivity index (χ0v) is 14.3. The second kappa shape index (κ2) is 11.8. The van der Waals surface area contributed by atoms with Crippen LogP contribution in [0.5, 0.6) is 0 Å². The third kappa shape index (κ3) is 12.0. The van der Waals surface area contributed by atoms with Gasteiger partial charge in [-0.05, 0) is 72.1 Å². The molecule has 0 aliphatic carbocycles. The highest BCUT2D eigenvalue weighted by Crippen LogP contribution is 2.13. The maximum absolute atomic E-state index is 3.83. The van der Waals surface area contributed by atoms with E-state index in [4.69, 9.17) is 0 Å². The molecule has 0 rings (SSSR count).